The molecule has 1 rings (SSSR count). The molecule has 0 bridgehead atoms. The fourth-order valence-electron chi connectivity index (χ4n) is 2.18. The highest BCUT2D eigenvalue weighted by Gasteiger charge is 2.27. The lowest BCUT2D eigenvalue weighted by Crippen LogP contribution is -2.45. The summed E-state index contributed by atoms with van der Waals surface area (Å²) in [6, 6.07) is 6.82. The van der Waals surface area contributed by atoms with Gasteiger partial charge in [-0.2, -0.15) is 0 Å². The zero-order valence-electron chi connectivity index (χ0n) is 13.7. The molecule has 0 aliphatic carbocycles. The molecule has 0 saturated heterocycles. The molecule has 116 valence electrons. The van der Waals surface area contributed by atoms with Gasteiger partial charge in [0.15, 0.2) is 0 Å². The number of methoxy groups -OCH3 is 1. The predicted octanol–water partition coefficient (Wildman–Crippen LogP) is 2.91. The van der Waals surface area contributed by atoms with Gasteiger partial charge in [-0.25, -0.2) is 4.79 Å². The van der Waals surface area contributed by atoms with Crippen LogP contribution in [0.1, 0.15) is 50.5 Å². The van der Waals surface area contributed by atoms with Gasteiger partial charge in [-0.05, 0) is 23.0 Å². The van der Waals surface area contributed by atoms with Crippen molar-refractivity contribution in [2.24, 2.45) is 5.92 Å². The third kappa shape index (κ3) is 4.31. The van der Waals surface area contributed by atoms with Crippen LogP contribution >= 0.6 is 0 Å². The van der Waals surface area contributed by atoms with Crippen LogP contribution in [0.2, 0.25) is 0 Å². The summed E-state index contributed by atoms with van der Waals surface area (Å²) < 4.78 is 4.75. The summed E-state index contributed by atoms with van der Waals surface area (Å²) in [7, 11) is 1.33. The molecule has 0 radical (unpaired) electrons. The predicted molar refractivity (Wildman–Crippen MR) is 83.3 cm³/mol. The summed E-state index contributed by atoms with van der Waals surface area (Å²) >= 11 is 0. The summed E-state index contributed by atoms with van der Waals surface area (Å²) in [4.78, 5) is 24.3. The fourth-order valence-corrected chi connectivity index (χ4v) is 2.18. The second kappa shape index (κ2) is 6.74. The Balaban J connectivity index is 3.07. The van der Waals surface area contributed by atoms with Gasteiger partial charge in [0.25, 0.3) is 5.91 Å². The molecular formula is C17H25NO3. The van der Waals surface area contributed by atoms with Crippen molar-refractivity contribution in [1.29, 1.82) is 0 Å². The number of carbonyl (C=O) groups is 2. The SMILES string of the molecule is COC(=O)C(NC(=O)c1ccccc1C(C)(C)C)C(C)C. The third-order valence-electron chi connectivity index (χ3n) is 3.39. The van der Waals surface area contributed by atoms with Gasteiger partial charge in [-0.15, -0.1) is 0 Å². The Morgan fingerprint density at radius 3 is 2.19 bits per heavy atom. The number of hydrogen-bond donors (Lipinski definition) is 1. The number of amides is 1. The summed E-state index contributed by atoms with van der Waals surface area (Å²) in [5.74, 6) is -0.709. The molecule has 0 saturated carbocycles. The first-order valence-corrected chi connectivity index (χ1v) is 7.16. The van der Waals surface area contributed by atoms with Crippen molar-refractivity contribution in [3.63, 3.8) is 0 Å². The molecule has 1 unspecified atom stereocenters. The molecule has 0 aliphatic heterocycles. The molecule has 1 aromatic carbocycles. The van der Waals surface area contributed by atoms with E-state index in [9.17, 15) is 9.59 Å². The van der Waals surface area contributed by atoms with Gasteiger partial charge in [0.05, 0.1) is 7.11 Å². The Labute approximate surface area is 126 Å². The molecular weight excluding hydrogens is 266 g/mol. The summed E-state index contributed by atoms with van der Waals surface area (Å²) in [5, 5.41) is 2.78. The largest absolute Gasteiger partial charge is 0.467 e. The minimum atomic E-state index is -0.643. The molecule has 0 heterocycles. The van der Waals surface area contributed by atoms with Gasteiger partial charge in [0.1, 0.15) is 6.04 Å². The highest BCUT2D eigenvalue weighted by atomic mass is 16.5. The van der Waals surface area contributed by atoms with Gasteiger partial charge in [-0.1, -0.05) is 52.8 Å². The van der Waals surface area contributed by atoms with Gasteiger partial charge >= 0.3 is 5.97 Å². The Morgan fingerprint density at radius 2 is 1.71 bits per heavy atom. The van der Waals surface area contributed by atoms with Crippen LogP contribution in [0.15, 0.2) is 24.3 Å². The normalized spacial score (nSPS) is 12.9. The molecule has 1 N–H and O–H groups in total. The maximum absolute atomic E-state index is 12.5. The number of rotatable bonds is 4. The molecule has 0 aliphatic rings. The van der Waals surface area contributed by atoms with E-state index in [2.05, 4.69) is 26.1 Å². The van der Waals surface area contributed by atoms with Crippen LogP contribution in [-0.2, 0) is 14.9 Å². The third-order valence-corrected chi connectivity index (χ3v) is 3.39. The molecule has 0 aromatic heterocycles. The van der Waals surface area contributed by atoms with Crippen LogP contribution in [0.3, 0.4) is 0 Å². The molecule has 1 amide bonds. The van der Waals surface area contributed by atoms with Crippen LogP contribution in [0.25, 0.3) is 0 Å². The highest BCUT2D eigenvalue weighted by molar-refractivity contribution is 5.98. The number of benzene rings is 1. The lowest BCUT2D eigenvalue weighted by molar-refractivity contribution is -0.144. The molecule has 4 heteroatoms. The second-order valence-corrected chi connectivity index (χ2v) is 6.51. The quantitative estimate of drug-likeness (QED) is 0.868. The van der Waals surface area contributed by atoms with Crippen LogP contribution in [0, 0.1) is 5.92 Å². The van der Waals surface area contributed by atoms with E-state index >= 15 is 0 Å². The van der Waals surface area contributed by atoms with Crippen LogP contribution in [0.4, 0.5) is 0 Å². The van der Waals surface area contributed by atoms with Crippen LogP contribution in [0.5, 0.6) is 0 Å². The van der Waals surface area contributed by atoms with Crippen molar-refractivity contribution < 1.29 is 14.3 Å². The van der Waals surface area contributed by atoms with Gasteiger partial charge in [0.2, 0.25) is 0 Å². The van der Waals surface area contributed by atoms with E-state index in [-0.39, 0.29) is 17.2 Å². The molecule has 21 heavy (non-hydrogen) atoms. The molecule has 0 fully saturated rings. The molecule has 4 nitrogen and oxygen atoms in total. The van der Waals surface area contributed by atoms with Crippen molar-refractivity contribution in [3.8, 4) is 0 Å². The van der Waals surface area contributed by atoms with E-state index in [0.717, 1.165) is 5.56 Å². The van der Waals surface area contributed by atoms with Crippen LogP contribution < -0.4 is 5.32 Å². The lowest BCUT2D eigenvalue weighted by Gasteiger charge is -2.24. The monoisotopic (exact) mass is 291 g/mol. The Bertz CT molecular complexity index is 515. The number of esters is 1. The summed E-state index contributed by atoms with van der Waals surface area (Å²) in [6.07, 6.45) is 0. The average molecular weight is 291 g/mol. The maximum atomic E-state index is 12.5. The Kier molecular flexibility index (Phi) is 5.53. The molecule has 1 aromatic rings. The smallest absolute Gasteiger partial charge is 0.328 e. The van der Waals surface area contributed by atoms with Crippen molar-refractivity contribution in [2.45, 2.75) is 46.1 Å². The first-order chi connectivity index (χ1) is 9.68. The second-order valence-electron chi connectivity index (χ2n) is 6.51. The summed E-state index contributed by atoms with van der Waals surface area (Å²) in [5.41, 5.74) is 1.40. The van der Waals surface area contributed by atoms with Crippen molar-refractivity contribution >= 4 is 11.9 Å². The van der Waals surface area contributed by atoms with E-state index in [1.54, 1.807) is 6.07 Å². The Morgan fingerprint density at radius 1 is 1.14 bits per heavy atom. The van der Waals surface area contributed by atoms with Gasteiger partial charge < -0.3 is 10.1 Å². The van der Waals surface area contributed by atoms with E-state index < -0.39 is 12.0 Å². The minimum absolute atomic E-state index is 0.0387. The zero-order chi connectivity index (χ0) is 16.2. The number of hydrogen-bond acceptors (Lipinski definition) is 3. The maximum Gasteiger partial charge on any atom is 0.328 e. The first kappa shape index (κ1) is 17.2. The first-order valence-electron chi connectivity index (χ1n) is 7.16. The fraction of sp³-hybridized carbons (Fsp3) is 0.529. The van der Waals surface area contributed by atoms with Crippen molar-refractivity contribution in [1.82, 2.24) is 5.32 Å². The standard InChI is InChI=1S/C17H25NO3/c1-11(2)14(16(20)21-6)18-15(19)12-9-7-8-10-13(12)17(3,4)5/h7-11,14H,1-6H3,(H,18,19). The van der Waals surface area contributed by atoms with Crippen molar-refractivity contribution in [2.75, 3.05) is 7.11 Å². The molecule has 1 atom stereocenters. The summed E-state index contributed by atoms with van der Waals surface area (Å²) in [6.45, 7) is 9.91. The van der Waals surface area contributed by atoms with Crippen molar-refractivity contribution in [3.05, 3.63) is 35.4 Å². The number of carbonyl (C=O) groups excluding carboxylic acids is 2. The molecule has 0 spiro atoms. The van der Waals surface area contributed by atoms with E-state index in [1.165, 1.54) is 7.11 Å². The average Bonchev–Trinajstić information content (AvgIpc) is 2.42. The zero-order valence-corrected chi connectivity index (χ0v) is 13.7. The van der Waals surface area contributed by atoms with Gasteiger partial charge in [0, 0.05) is 5.56 Å². The number of nitrogens with one attached hydrogen (secondary N) is 1. The lowest BCUT2D eigenvalue weighted by atomic mass is 9.83. The number of ether oxygens (including phenoxy) is 1. The van der Waals surface area contributed by atoms with Gasteiger partial charge in [-0.3, -0.25) is 4.79 Å². The van der Waals surface area contributed by atoms with Crippen LogP contribution in [-0.4, -0.2) is 25.0 Å². The minimum Gasteiger partial charge on any atom is -0.467 e. The highest BCUT2D eigenvalue weighted by Crippen LogP contribution is 2.25. The topological polar surface area (TPSA) is 55.4 Å². The van der Waals surface area contributed by atoms with E-state index in [4.69, 9.17) is 4.74 Å². The van der Waals surface area contributed by atoms with E-state index in [0.29, 0.717) is 5.56 Å². The van der Waals surface area contributed by atoms with E-state index in [1.807, 2.05) is 32.0 Å². The Hall–Kier alpha value is -1.84.